The minimum atomic E-state index is -0.486. The third kappa shape index (κ3) is 2.78. The summed E-state index contributed by atoms with van der Waals surface area (Å²) in [6.07, 6.45) is 7.31. The number of anilines is 1. The summed E-state index contributed by atoms with van der Waals surface area (Å²) in [6, 6.07) is 16.0. The Hall–Kier alpha value is -2.98. The molecule has 3 amide bonds. The van der Waals surface area contributed by atoms with E-state index in [0.717, 1.165) is 5.56 Å². The van der Waals surface area contributed by atoms with Crippen molar-refractivity contribution in [3.63, 3.8) is 0 Å². The fourth-order valence-corrected chi connectivity index (χ4v) is 3.43. The van der Waals surface area contributed by atoms with Gasteiger partial charge in [0.15, 0.2) is 0 Å². The summed E-state index contributed by atoms with van der Waals surface area (Å²) < 4.78 is 1.63. The van der Waals surface area contributed by atoms with Gasteiger partial charge < -0.3 is 0 Å². The van der Waals surface area contributed by atoms with E-state index in [1.807, 2.05) is 60.7 Å². The van der Waals surface area contributed by atoms with Crippen LogP contribution in [0.4, 0.5) is 10.5 Å². The van der Waals surface area contributed by atoms with Crippen LogP contribution in [-0.2, 0) is 11.3 Å². The van der Waals surface area contributed by atoms with Crippen molar-refractivity contribution in [2.75, 3.05) is 4.90 Å². The summed E-state index contributed by atoms with van der Waals surface area (Å²) in [5, 5.41) is 0.593. The number of allylic oxidation sites excluding steroid dienone is 3. The molecule has 1 aliphatic heterocycles. The zero-order valence-electron chi connectivity index (χ0n) is 13.9. The topological polar surface area (TPSA) is 40.4 Å². The highest BCUT2D eigenvalue weighted by Gasteiger charge is 2.47. The number of imide groups is 1. The van der Waals surface area contributed by atoms with Crippen LogP contribution in [0.1, 0.15) is 5.56 Å². The Morgan fingerprint density at radius 2 is 1.69 bits per heavy atom. The highest BCUT2D eigenvalue weighted by Crippen LogP contribution is 2.27. The number of amides is 3. The molecule has 1 unspecified atom stereocenters. The lowest BCUT2D eigenvalue weighted by molar-refractivity contribution is -0.445. The van der Waals surface area contributed by atoms with Crippen LogP contribution in [-0.4, -0.2) is 22.2 Å². The van der Waals surface area contributed by atoms with E-state index in [2.05, 4.69) is 0 Å². The molecule has 1 heterocycles. The van der Waals surface area contributed by atoms with Crippen LogP contribution in [0.15, 0.2) is 78.9 Å². The molecule has 0 bridgehead atoms. The maximum Gasteiger partial charge on any atom is 0.506 e. The van der Waals surface area contributed by atoms with Gasteiger partial charge in [-0.05, 0) is 24.3 Å². The van der Waals surface area contributed by atoms with E-state index in [0.29, 0.717) is 23.0 Å². The summed E-state index contributed by atoms with van der Waals surface area (Å²) in [4.78, 5) is 27.4. The number of hydrogen-bond acceptors (Lipinski definition) is 2. The van der Waals surface area contributed by atoms with E-state index >= 15 is 0 Å². The minimum Gasteiger partial charge on any atom is -0.245 e. The zero-order valence-corrected chi connectivity index (χ0v) is 14.6. The molecule has 0 saturated heterocycles. The third-order valence-corrected chi connectivity index (χ3v) is 4.89. The molecule has 0 fully saturated rings. The van der Waals surface area contributed by atoms with E-state index in [1.165, 1.54) is 4.90 Å². The molecule has 0 radical (unpaired) electrons. The van der Waals surface area contributed by atoms with E-state index in [9.17, 15) is 9.59 Å². The Kier molecular flexibility index (Phi) is 4.27. The molecule has 1 atom stereocenters. The molecule has 0 spiro atoms. The van der Waals surface area contributed by atoms with Crippen LogP contribution in [0.5, 0.6) is 0 Å². The Balaban J connectivity index is 1.83. The van der Waals surface area contributed by atoms with Gasteiger partial charge in [0.2, 0.25) is 0 Å². The van der Waals surface area contributed by atoms with Gasteiger partial charge in [0.05, 0.1) is 0 Å². The molecule has 128 valence electrons. The fraction of sp³-hybridized carbons (Fsp3) is 0.0952. The Labute approximate surface area is 156 Å². The highest BCUT2D eigenvalue weighted by molar-refractivity contribution is 6.31. The normalized spacial score (nSPS) is 19.1. The number of para-hydroxylation sites is 1. The molecule has 4 nitrogen and oxygen atoms in total. The molecule has 5 heteroatoms. The number of hydrogen-bond donors (Lipinski definition) is 0. The molecule has 0 saturated carbocycles. The number of halogens is 1. The monoisotopic (exact) mass is 363 g/mol. The second-order valence-electron chi connectivity index (χ2n) is 6.12. The number of fused-ring (bicyclic) bond motifs is 1. The number of urea groups is 1. The summed E-state index contributed by atoms with van der Waals surface area (Å²) >= 11 is 6.29. The number of carbonyl (C=O) groups excluding carboxylic acids is 2. The fourth-order valence-electron chi connectivity index (χ4n) is 3.23. The van der Waals surface area contributed by atoms with Crippen LogP contribution in [0.25, 0.3) is 0 Å². The van der Waals surface area contributed by atoms with Gasteiger partial charge >= 0.3 is 11.9 Å². The molecule has 1 aliphatic carbocycles. The van der Waals surface area contributed by atoms with Crippen molar-refractivity contribution in [1.29, 1.82) is 0 Å². The molecule has 4 rings (SSSR count). The van der Waals surface area contributed by atoms with Gasteiger partial charge in [-0.2, -0.15) is 9.37 Å². The smallest absolute Gasteiger partial charge is 0.245 e. The van der Waals surface area contributed by atoms with Crippen LogP contribution in [0.3, 0.4) is 0 Å². The molecule has 0 N–H and O–H groups in total. The van der Waals surface area contributed by atoms with Crippen molar-refractivity contribution >= 4 is 34.9 Å². The zero-order chi connectivity index (χ0) is 18.1. The van der Waals surface area contributed by atoms with Crippen molar-refractivity contribution in [3.05, 3.63) is 89.5 Å². The first kappa shape index (κ1) is 16.5. The summed E-state index contributed by atoms with van der Waals surface area (Å²) in [5.41, 5.74) is 2.07. The molecular formula is C21H16ClN2O2+. The molecule has 2 aromatic rings. The van der Waals surface area contributed by atoms with Crippen molar-refractivity contribution in [2.24, 2.45) is 5.92 Å². The van der Waals surface area contributed by atoms with E-state index in [4.69, 9.17) is 11.6 Å². The molecule has 2 aliphatic rings. The van der Waals surface area contributed by atoms with Crippen molar-refractivity contribution in [1.82, 2.24) is 0 Å². The first-order chi connectivity index (χ1) is 12.7. The number of carbonyl (C=O) groups is 2. The summed E-state index contributed by atoms with van der Waals surface area (Å²) in [6.45, 7) is 0.305. The Morgan fingerprint density at radius 1 is 0.962 bits per heavy atom. The lowest BCUT2D eigenvalue weighted by Gasteiger charge is -2.26. The molecule has 2 aromatic carbocycles. The van der Waals surface area contributed by atoms with E-state index < -0.39 is 5.92 Å². The quantitative estimate of drug-likeness (QED) is 0.767. The van der Waals surface area contributed by atoms with Crippen molar-refractivity contribution in [2.45, 2.75) is 6.54 Å². The predicted octanol–water partition coefficient (Wildman–Crippen LogP) is 4.20. The van der Waals surface area contributed by atoms with Gasteiger partial charge in [0.1, 0.15) is 23.9 Å². The number of benzene rings is 2. The van der Waals surface area contributed by atoms with Gasteiger partial charge in [-0.25, -0.2) is 4.79 Å². The van der Waals surface area contributed by atoms with Gasteiger partial charge in [0.25, 0.3) is 0 Å². The summed E-state index contributed by atoms with van der Waals surface area (Å²) in [5.74, 6) is -0.729. The van der Waals surface area contributed by atoms with E-state index in [-0.39, 0.29) is 11.9 Å². The maximum absolute atomic E-state index is 13.2. The Bertz CT molecular complexity index is 977. The Morgan fingerprint density at radius 3 is 2.46 bits per heavy atom. The minimum absolute atomic E-state index is 0.243. The van der Waals surface area contributed by atoms with Crippen LogP contribution in [0.2, 0.25) is 5.02 Å². The standard InChI is InChI=1S/C21H16ClN2O2/c22-18-12-6-4-8-15(18)14-23-19-13-7-5-11-17(19)20(25)24(21(23)26)16-9-2-1-3-10-16/h1-13,17H,14H2/q+1. The lowest BCUT2D eigenvalue weighted by atomic mass is 9.94. The SMILES string of the molecule is O=C1C2C=CC=CC2=[N+](Cc2ccccc2Cl)C(=O)N1c1ccccc1. The van der Waals surface area contributed by atoms with Crippen LogP contribution >= 0.6 is 11.6 Å². The number of nitrogens with zero attached hydrogens (tertiary/aromatic N) is 2. The average Bonchev–Trinajstić information content (AvgIpc) is 2.67. The van der Waals surface area contributed by atoms with Crippen molar-refractivity contribution in [3.8, 4) is 0 Å². The number of rotatable bonds is 3. The van der Waals surface area contributed by atoms with Crippen LogP contribution < -0.4 is 4.90 Å². The average molecular weight is 364 g/mol. The van der Waals surface area contributed by atoms with Crippen LogP contribution in [0, 0.1) is 5.92 Å². The first-order valence-corrected chi connectivity index (χ1v) is 8.70. The highest BCUT2D eigenvalue weighted by atomic mass is 35.5. The molecular weight excluding hydrogens is 348 g/mol. The second-order valence-corrected chi connectivity index (χ2v) is 6.52. The maximum atomic E-state index is 13.2. The molecule has 0 aromatic heterocycles. The summed E-state index contributed by atoms with van der Waals surface area (Å²) in [7, 11) is 0. The predicted molar refractivity (Wildman–Crippen MR) is 102 cm³/mol. The third-order valence-electron chi connectivity index (χ3n) is 4.52. The van der Waals surface area contributed by atoms with Gasteiger partial charge in [-0.3, -0.25) is 0 Å². The second kappa shape index (κ2) is 6.73. The van der Waals surface area contributed by atoms with Gasteiger partial charge in [-0.1, -0.05) is 66.2 Å². The lowest BCUT2D eigenvalue weighted by Crippen LogP contribution is -2.54. The van der Waals surface area contributed by atoms with Crippen molar-refractivity contribution < 1.29 is 14.2 Å². The first-order valence-electron chi connectivity index (χ1n) is 8.32. The van der Waals surface area contributed by atoms with Gasteiger partial charge in [-0.15, -0.1) is 4.90 Å². The largest absolute Gasteiger partial charge is 0.506 e. The van der Waals surface area contributed by atoms with Gasteiger partial charge in [0, 0.05) is 10.6 Å². The van der Waals surface area contributed by atoms with E-state index in [1.54, 1.807) is 22.8 Å². The molecule has 26 heavy (non-hydrogen) atoms.